The smallest absolute Gasteiger partial charge is 0.133 e. The molecular formula is C16H21BrN2O2. The highest BCUT2D eigenvalue weighted by Gasteiger charge is 2.05. The first kappa shape index (κ1) is 16.1. The molecule has 21 heavy (non-hydrogen) atoms. The number of hydrogen-bond acceptors (Lipinski definition) is 3. The Kier molecular flexibility index (Phi) is 6.29. The Hall–Kier alpha value is -1.30. The number of hydrogen-bond donors (Lipinski definition) is 1. The minimum atomic E-state index is 0.728. The summed E-state index contributed by atoms with van der Waals surface area (Å²) in [5, 5.41) is 3.37. The Bertz CT molecular complexity index is 569. The molecule has 114 valence electrons. The molecule has 0 atom stereocenters. The number of benzene rings is 1. The van der Waals surface area contributed by atoms with Crippen LogP contribution in [0.4, 0.5) is 0 Å². The number of aromatic nitrogens is 1. The molecule has 0 saturated carbocycles. The molecule has 0 radical (unpaired) electrons. The van der Waals surface area contributed by atoms with Crippen molar-refractivity contribution >= 4 is 15.9 Å². The van der Waals surface area contributed by atoms with Gasteiger partial charge in [-0.25, -0.2) is 0 Å². The third-order valence-electron chi connectivity index (χ3n) is 3.28. The van der Waals surface area contributed by atoms with Gasteiger partial charge in [-0.1, -0.05) is 6.07 Å². The van der Waals surface area contributed by atoms with Crippen LogP contribution in [0.1, 0.15) is 11.3 Å². The van der Waals surface area contributed by atoms with Gasteiger partial charge in [0.05, 0.1) is 18.2 Å². The standard InChI is InChI=1S/C16H21BrN2O2/c1-20-9-7-18-11-14-4-3-8-19(14)12-13-5-6-16(21-2)15(17)10-13/h3-6,8,10,18H,7,9,11-12H2,1-2H3. The molecule has 5 heteroatoms. The first-order chi connectivity index (χ1) is 10.2. The van der Waals surface area contributed by atoms with Gasteiger partial charge >= 0.3 is 0 Å². The van der Waals surface area contributed by atoms with Crippen molar-refractivity contribution in [2.45, 2.75) is 13.1 Å². The Morgan fingerprint density at radius 1 is 1.24 bits per heavy atom. The van der Waals surface area contributed by atoms with E-state index in [-0.39, 0.29) is 0 Å². The van der Waals surface area contributed by atoms with Gasteiger partial charge in [-0.05, 0) is 45.8 Å². The van der Waals surface area contributed by atoms with Crippen molar-refractivity contribution in [3.8, 4) is 5.75 Å². The first-order valence-electron chi connectivity index (χ1n) is 6.90. The van der Waals surface area contributed by atoms with Crippen molar-refractivity contribution in [3.63, 3.8) is 0 Å². The molecule has 0 unspecified atom stereocenters. The van der Waals surface area contributed by atoms with Crippen molar-refractivity contribution in [2.75, 3.05) is 27.4 Å². The van der Waals surface area contributed by atoms with Crippen LogP contribution in [0.3, 0.4) is 0 Å². The number of methoxy groups -OCH3 is 2. The summed E-state index contributed by atoms with van der Waals surface area (Å²) in [4.78, 5) is 0. The lowest BCUT2D eigenvalue weighted by atomic mass is 10.2. The van der Waals surface area contributed by atoms with Gasteiger partial charge in [0.1, 0.15) is 5.75 Å². The number of halogens is 1. The summed E-state index contributed by atoms with van der Waals surface area (Å²) in [6, 6.07) is 10.4. The van der Waals surface area contributed by atoms with Crippen molar-refractivity contribution in [2.24, 2.45) is 0 Å². The average molecular weight is 353 g/mol. The number of ether oxygens (including phenoxy) is 2. The summed E-state index contributed by atoms with van der Waals surface area (Å²) in [6.45, 7) is 3.27. The predicted octanol–water partition coefficient (Wildman–Crippen LogP) is 3.04. The maximum atomic E-state index is 5.26. The van der Waals surface area contributed by atoms with Crippen LogP contribution in [0.25, 0.3) is 0 Å². The molecule has 2 rings (SSSR count). The van der Waals surface area contributed by atoms with Crippen LogP contribution in [-0.4, -0.2) is 31.9 Å². The summed E-state index contributed by atoms with van der Waals surface area (Å²) in [6.07, 6.45) is 2.10. The second kappa shape index (κ2) is 8.22. The SMILES string of the molecule is COCCNCc1cccn1Cc1ccc(OC)c(Br)c1. The monoisotopic (exact) mass is 352 g/mol. The Morgan fingerprint density at radius 2 is 2.10 bits per heavy atom. The van der Waals surface area contributed by atoms with Crippen molar-refractivity contribution < 1.29 is 9.47 Å². The molecule has 0 amide bonds. The molecule has 1 N–H and O–H groups in total. The first-order valence-corrected chi connectivity index (χ1v) is 7.70. The van der Waals surface area contributed by atoms with E-state index in [0.717, 1.165) is 36.5 Å². The molecule has 0 aliphatic carbocycles. The van der Waals surface area contributed by atoms with E-state index in [9.17, 15) is 0 Å². The third-order valence-corrected chi connectivity index (χ3v) is 3.90. The van der Waals surface area contributed by atoms with E-state index < -0.39 is 0 Å². The highest BCUT2D eigenvalue weighted by Crippen LogP contribution is 2.26. The van der Waals surface area contributed by atoms with Gasteiger partial charge in [0.15, 0.2) is 0 Å². The highest BCUT2D eigenvalue weighted by atomic mass is 79.9. The fourth-order valence-electron chi connectivity index (χ4n) is 2.16. The lowest BCUT2D eigenvalue weighted by molar-refractivity contribution is 0.199. The van der Waals surface area contributed by atoms with Crippen LogP contribution in [-0.2, 0) is 17.8 Å². The van der Waals surface area contributed by atoms with Crippen molar-refractivity contribution in [1.82, 2.24) is 9.88 Å². The normalized spacial score (nSPS) is 10.8. The topological polar surface area (TPSA) is 35.4 Å². The fraction of sp³-hybridized carbons (Fsp3) is 0.375. The van der Waals surface area contributed by atoms with Crippen LogP contribution in [0.5, 0.6) is 5.75 Å². The second-order valence-corrected chi connectivity index (χ2v) is 5.62. The van der Waals surface area contributed by atoms with Gasteiger partial charge in [-0.2, -0.15) is 0 Å². The van der Waals surface area contributed by atoms with E-state index in [1.807, 2.05) is 6.07 Å². The predicted molar refractivity (Wildman–Crippen MR) is 87.8 cm³/mol. The number of rotatable bonds is 8. The third kappa shape index (κ3) is 4.59. The highest BCUT2D eigenvalue weighted by molar-refractivity contribution is 9.10. The van der Waals surface area contributed by atoms with Crippen molar-refractivity contribution in [1.29, 1.82) is 0 Å². The molecule has 1 aromatic carbocycles. The molecule has 1 aromatic heterocycles. The van der Waals surface area contributed by atoms with Gasteiger partial charge in [0.25, 0.3) is 0 Å². The zero-order valence-corrected chi connectivity index (χ0v) is 14.0. The minimum absolute atomic E-state index is 0.728. The molecule has 1 heterocycles. The summed E-state index contributed by atoms with van der Waals surface area (Å²) < 4.78 is 13.5. The molecule has 0 saturated heterocycles. The van der Waals surface area contributed by atoms with E-state index >= 15 is 0 Å². The van der Waals surface area contributed by atoms with Gasteiger partial charge in [-0.3, -0.25) is 0 Å². The Balaban J connectivity index is 1.99. The summed E-state index contributed by atoms with van der Waals surface area (Å²) >= 11 is 3.53. The zero-order valence-electron chi connectivity index (χ0n) is 12.4. The largest absolute Gasteiger partial charge is 0.496 e. The van der Waals surface area contributed by atoms with Crippen LogP contribution in [0.2, 0.25) is 0 Å². The molecule has 4 nitrogen and oxygen atoms in total. The van der Waals surface area contributed by atoms with Crippen LogP contribution < -0.4 is 10.1 Å². The Labute approximate surface area is 134 Å². The van der Waals surface area contributed by atoms with Gasteiger partial charge in [0.2, 0.25) is 0 Å². The van der Waals surface area contributed by atoms with Gasteiger partial charge in [0, 0.05) is 38.6 Å². The molecule has 0 bridgehead atoms. The summed E-state index contributed by atoms with van der Waals surface area (Å²) in [5.41, 5.74) is 2.50. The maximum Gasteiger partial charge on any atom is 0.133 e. The molecule has 0 fully saturated rings. The van der Waals surface area contributed by atoms with Gasteiger partial charge in [-0.15, -0.1) is 0 Å². The van der Waals surface area contributed by atoms with E-state index in [1.54, 1.807) is 14.2 Å². The molecular weight excluding hydrogens is 332 g/mol. The molecule has 0 aliphatic rings. The second-order valence-electron chi connectivity index (χ2n) is 4.77. The van der Waals surface area contributed by atoms with Crippen LogP contribution in [0.15, 0.2) is 41.0 Å². The quantitative estimate of drug-likeness (QED) is 0.741. The average Bonchev–Trinajstić information content (AvgIpc) is 2.91. The summed E-state index contributed by atoms with van der Waals surface area (Å²) in [5.74, 6) is 0.854. The number of nitrogens with one attached hydrogen (secondary N) is 1. The zero-order chi connectivity index (χ0) is 15.1. The Morgan fingerprint density at radius 3 is 2.81 bits per heavy atom. The van der Waals surface area contributed by atoms with Crippen LogP contribution >= 0.6 is 15.9 Å². The van der Waals surface area contributed by atoms with Crippen LogP contribution in [0, 0.1) is 0 Å². The molecule has 0 spiro atoms. The molecule has 0 aliphatic heterocycles. The maximum absolute atomic E-state index is 5.26. The number of nitrogens with zero attached hydrogens (tertiary/aromatic N) is 1. The van der Waals surface area contributed by atoms with E-state index in [2.05, 4.69) is 56.3 Å². The fourth-order valence-corrected chi connectivity index (χ4v) is 2.75. The van der Waals surface area contributed by atoms with E-state index in [4.69, 9.17) is 9.47 Å². The lowest BCUT2D eigenvalue weighted by Crippen LogP contribution is -2.20. The molecule has 2 aromatic rings. The van der Waals surface area contributed by atoms with E-state index in [1.165, 1.54) is 11.3 Å². The minimum Gasteiger partial charge on any atom is -0.496 e. The van der Waals surface area contributed by atoms with Gasteiger partial charge < -0.3 is 19.4 Å². The lowest BCUT2D eigenvalue weighted by Gasteiger charge is -2.11. The summed E-state index contributed by atoms with van der Waals surface area (Å²) in [7, 11) is 3.39. The van der Waals surface area contributed by atoms with Crippen molar-refractivity contribution in [3.05, 3.63) is 52.3 Å². The van der Waals surface area contributed by atoms with E-state index in [0.29, 0.717) is 0 Å².